The van der Waals surface area contributed by atoms with Crippen molar-refractivity contribution >= 4 is 69.0 Å². The molecule has 12 heteroatoms. The largest absolute Gasteiger partial charge is 0.510 e. The quantitative estimate of drug-likeness (QED) is 0.299. The zero-order chi connectivity index (χ0) is 19.2. The van der Waals surface area contributed by atoms with Gasteiger partial charge in [0.15, 0.2) is 8.68 Å². The van der Waals surface area contributed by atoms with Gasteiger partial charge in [-0.3, -0.25) is 4.79 Å². The highest BCUT2D eigenvalue weighted by Crippen LogP contribution is 2.32. The number of primary amides is 1. The first-order chi connectivity index (χ1) is 13.1. The van der Waals surface area contributed by atoms with E-state index < -0.39 is 5.91 Å². The van der Waals surface area contributed by atoms with Crippen LogP contribution in [0.5, 0.6) is 0 Å². The Balaban J connectivity index is 1.67. The maximum Gasteiger partial charge on any atom is 0.227 e. The van der Waals surface area contributed by atoms with Crippen LogP contribution in [-0.4, -0.2) is 37.7 Å². The van der Waals surface area contributed by atoms with Crippen LogP contribution in [0.15, 0.2) is 37.3 Å². The molecule has 0 bridgehead atoms. The van der Waals surface area contributed by atoms with Crippen LogP contribution in [0.4, 0.5) is 0 Å². The van der Waals surface area contributed by atoms with Crippen LogP contribution in [0, 0.1) is 11.3 Å². The van der Waals surface area contributed by atoms with Gasteiger partial charge in [0.05, 0.1) is 22.1 Å². The number of aromatic nitrogens is 3. The molecule has 0 aliphatic carbocycles. The Morgan fingerprint density at radius 1 is 1.26 bits per heavy atom. The standard InChI is InChI=1S/C15H11N5O2S5/c16-4-8(13-18-9(5-24-13)11-2-1-3-23-11)10(21)6-25-14-19-20-15(27-14)26-7-12(17)22/h1-3,5,21H,6-7H2,(H2,17,22). The second kappa shape index (κ2) is 9.34. The number of thiazole rings is 1. The van der Waals surface area contributed by atoms with E-state index in [0.717, 1.165) is 10.6 Å². The van der Waals surface area contributed by atoms with Crippen LogP contribution in [0.25, 0.3) is 16.1 Å². The van der Waals surface area contributed by atoms with Crippen LogP contribution in [-0.2, 0) is 4.79 Å². The Morgan fingerprint density at radius 3 is 2.63 bits per heavy atom. The average molecular weight is 454 g/mol. The van der Waals surface area contributed by atoms with Crippen molar-refractivity contribution in [2.75, 3.05) is 11.5 Å². The van der Waals surface area contributed by atoms with E-state index in [4.69, 9.17) is 5.73 Å². The molecular weight excluding hydrogens is 443 g/mol. The molecule has 0 aliphatic rings. The van der Waals surface area contributed by atoms with E-state index >= 15 is 0 Å². The van der Waals surface area contributed by atoms with Gasteiger partial charge in [-0.25, -0.2) is 4.98 Å². The van der Waals surface area contributed by atoms with Gasteiger partial charge in [-0.05, 0) is 11.4 Å². The third-order valence-corrected chi connectivity index (χ3v) is 7.93. The Kier molecular flexibility index (Phi) is 6.86. The summed E-state index contributed by atoms with van der Waals surface area (Å²) in [6, 6.07) is 5.92. The van der Waals surface area contributed by atoms with E-state index in [1.807, 2.05) is 29.0 Å². The van der Waals surface area contributed by atoms with E-state index in [1.165, 1.54) is 46.2 Å². The van der Waals surface area contributed by atoms with Crippen molar-refractivity contribution in [1.29, 1.82) is 5.26 Å². The molecule has 3 aromatic rings. The number of thioether (sulfide) groups is 2. The van der Waals surface area contributed by atoms with E-state index in [1.54, 1.807) is 11.3 Å². The molecule has 0 aromatic carbocycles. The number of hydrogen-bond donors (Lipinski definition) is 2. The molecule has 27 heavy (non-hydrogen) atoms. The smallest absolute Gasteiger partial charge is 0.227 e. The number of amides is 1. The Bertz CT molecular complexity index is 1000. The molecule has 3 aromatic heterocycles. The molecule has 0 atom stereocenters. The van der Waals surface area contributed by atoms with Crippen molar-refractivity contribution in [1.82, 2.24) is 15.2 Å². The lowest BCUT2D eigenvalue weighted by Gasteiger charge is -2.00. The third kappa shape index (κ3) is 5.30. The summed E-state index contributed by atoms with van der Waals surface area (Å²) < 4.78 is 1.25. The van der Waals surface area contributed by atoms with Gasteiger partial charge in [0.1, 0.15) is 22.4 Å². The number of hydrogen-bond acceptors (Lipinski definition) is 11. The van der Waals surface area contributed by atoms with Gasteiger partial charge >= 0.3 is 0 Å². The number of aliphatic hydroxyl groups excluding tert-OH is 1. The monoisotopic (exact) mass is 453 g/mol. The van der Waals surface area contributed by atoms with Crippen LogP contribution in [0.3, 0.4) is 0 Å². The molecule has 3 N–H and O–H groups in total. The molecule has 1 amide bonds. The minimum atomic E-state index is -0.422. The third-order valence-electron chi connectivity index (χ3n) is 2.95. The molecule has 0 saturated heterocycles. The van der Waals surface area contributed by atoms with Gasteiger partial charge in [-0.1, -0.05) is 40.9 Å². The summed E-state index contributed by atoms with van der Waals surface area (Å²) in [5, 5.41) is 32.0. The molecular formula is C15H11N5O2S5. The van der Waals surface area contributed by atoms with E-state index in [9.17, 15) is 15.2 Å². The van der Waals surface area contributed by atoms with Crippen LogP contribution in [0.1, 0.15) is 5.01 Å². The highest BCUT2D eigenvalue weighted by atomic mass is 32.2. The predicted octanol–water partition coefficient (Wildman–Crippen LogP) is 3.89. The number of carbonyl (C=O) groups is 1. The van der Waals surface area contributed by atoms with Crippen molar-refractivity contribution in [3.63, 3.8) is 0 Å². The fourth-order valence-electron chi connectivity index (χ4n) is 1.81. The molecule has 0 radical (unpaired) electrons. The topological polar surface area (TPSA) is 126 Å². The molecule has 3 heterocycles. The van der Waals surface area contributed by atoms with E-state index in [-0.39, 0.29) is 22.8 Å². The molecule has 138 valence electrons. The summed E-state index contributed by atoms with van der Waals surface area (Å²) in [5.41, 5.74) is 6.05. The molecule has 7 nitrogen and oxygen atoms in total. The van der Waals surface area contributed by atoms with E-state index in [0.29, 0.717) is 13.7 Å². The summed E-state index contributed by atoms with van der Waals surface area (Å²) in [6.45, 7) is 0. The molecule has 3 rings (SSSR count). The van der Waals surface area contributed by atoms with Gasteiger partial charge < -0.3 is 10.8 Å². The van der Waals surface area contributed by atoms with Crippen molar-refractivity contribution in [3.05, 3.63) is 33.7 Å². The van der Waals surface area contributed by atoms with Crippen LogP contribution in [0.2, 0.25) is 0 Å². The molecule has 0 aliphatic heterocycles. The average Bonchev–Trinajstić information content (AvgIpc) is 3.39. The minimum Gasteiger partial charge on any atom is -0.510 e. The van der Waals surface area contributed by atoms with Crippen LogP contribution >= 0.6 is 57.5 Å². The van der Waals surface area contributed by atoms with Gasteiger partial charge in [0.25, 0.3) is 0 Å². The fraction of sp³-hybridized carbons (Fsp3) is 0.133. The maximum atomic E-state index is 10.8. The molecule has 0 fully saturated rings. The lowest BCUT2D eigenvalue weighted by molar-refractivity contribution is -0.115. The lowest BCUT2D eigenvalue weighted by atomic mass is 10.2. The normalized spacial score (nSPS) is 11.8. The van der Waals surface area contributed by atoms with Gasteiger partial charge in [0, 0.05) is 5.38 Å². The number of aliphatic hydroxyl groups is 1. The number of nitriles is 1. The zero-order valence-electron chi connectivity index (χ0n) is 13.5. The summed E-state index contributed by atoms with van der Waals surface area (Å²) in [6.07, 6.45) is 0. The van der Waals surface area contributed by atoms with Gasteiger partial charge in [-0.15, -0.1) is 32.9 Å². The Morgan fingerprint density at radius 2 is 2.00 bits per heavy atom. The van der Waals surface area contributed by atoms with Crippen molar-refractivity contribution < 1.29 is 9.90 Å². The number of nitrogens with two attached hydrogens (primary N) is 1. The highest BCUT2D eigenvalue weighted by Gasteiger charge is 2.15. The van der Waals surface area contributed by atoms with Gasteiger partial charge in [-0.2, -0.15) is 5.26 Å². The minimum absolute atomic E-state index is 0.0591. The Hall–Kier alpha value is -1.91. The number of thiophene rings is 1. The molecule has 0 spiro atoms. The summed E-state index contributed by atoms with van der Waals surface area (Å²) in [5.74, 6) is -0.170. The Labute approximate surface area is 175 Å². The first kappa shape index (κ1) is 19.8. The number of nitrogens with zero attached hydrogens (tertiary/aromatic N) is 4. The van der Waals surface area contributed by atoms with Gasteiger partial charge in [0.2, 0.25) is 5.91 Å². The molecule has 0 unspecified atom stereocenters. The highest BCUT2D eigenvalue weighted by molar-refractivity contribution is 8.03. The number of rotatable bonds is 8. The first-order valence-corrected chi connectivity index (χ1v) is 11.8. The SMILES string of the molecule is N#CC(=C(O)CSc1nnc(SCC(N)=O)s1)c1nc(-c2cccs2)cs1. The summed E-state index contributed by atoms with van der Waals surface area (Å²) >= 11 is 6.66. The lowest BCUT2D eigenvalue weighted by Crippen LogP contribution is -2.12. The predicted molar refractivity (Wildman–Crippen MR) is 111 cm³/mol. The first-order valence-electron chi connectivity index (χ1n) is 7.26. The molecule has 0 saturated carbocycles. The van der Waals surface area contributed by atoms with E-state index in [2.05, 4.69) is 15.2 Å². The van der Waals surface area contributed by atoms with Crippen molar-refractivity contribution in [2.45, 2.75) is 8.68 Å². The maximum absolute atomic E-state index is 10.8. The van der Waals surface area contributed by atoms with Crippen molar-refractivity contribution in [2.24, 2.45) is 5.73 Å². The number of allylic oxidation sites excluding steroid dienone is 1. The summed E-state index contributed by atoms with van der Waals surface area (Å²) in [7, 11) is 0. The second-order valence-electron chi connectivity index (χ2n) is 4.83. The fourth-order valence-corrected chi connectivity index (χ4v) is 6.04. The summed E-state index contributed by atoms with van der Waals surface area (Å²) in [4.78, 5) is 16.3. The zero-order valence-corrected chi connectivity index (χ0v) is 17.6. The number of carbonyl (C=O) groups excluding carboxylic acids is 1. The van der Waals surface area contributed by atoms with Crippen molar-refractivity contribution in [3.8, 4) is 16.6 Å². The second-order valence-corrected chi connectivity index (χ2v) is 10.1. The van der Waals surface area contributed by atoms with Crippen LogP contribution < -0.4 is 5.73 Å².